The van der Waals surface area contributed by atoms with Gasteiger partial charge < -0.3 is 30.4 Å². The van der Waals surface area contributed by atoms with Crippen LogP contribution < -0.4 is 10.6 Å². The van der Waals surface area contributed by atoms with E-state index in [0.29, 0.717) is 44.8 Å². The lowest BCUT2D eigenvalue weighted by Gasteiger charge is -2.60. The standard InChI is InChI=1S/C27H48N3O5/c1-19(2)16-20(29-23(32)35-24(3,4)5)10-11-27(12-14-34-15-13-27)22(31)28-21-17-25(6,7)30(33)26(8,9)18-21/h10-11,19-21H,12-18H2,1-9H3,(H,28,31)(H,29,32)/q-1/b11-10+/t20-/m1/s1. The molecule has 0 radical (unpaired) electrons. The maximum absolute atomic E-state index is 13.7. The second-order valence-electron chi connectivity index (χ2n) is 13.0. The predicted octanol–water partition coefficient (Wildman–Crippen LogP) is 4.91. The number of carbonyl (C=O) groups excluding carboxylic acids is 2. The summed E-state index contributed by atoms with van der Waals surface area (Å²) in [7, 11) is 0. The summed E-state index contributed by atoms with van der Waals surface area (Å²) in [5.41, 5.74) is -2.42. The third kappa shape index (κ3) is 8.46. The molecule has 2 fully saturated rings. The molecule has 8 nitrogen and oxygen atoms in total. The Labute approximate surface area is 212 Å². The molecule has 0 aromatic carbocycles. The number of rotatable bonds is 7. The fourth-order valence-electron chi connectivity index (χ4n) is 5.35. The summed E-state index contributed by atoms with van der Waals surface area (Å²) in [6, 6.07) is -0.337. The number of amides is 2. The van der Waals surface area contributed by atoms with E-state index in [2.05, 4.69) is 24.5 Å². The van der Waals surface area contributed by atoms with Crippen molar-refractivity contribution in [3.05, 3.63) is 17.4 Å². The van der Waals surface area contributed by atoms with E-state index in [-0.39, 0.29) is 18.0 Å². The van der Waals surface area contributed by atoms with Gasteiger partial charge in [-0.25, -0.2) is 4.79 Å². The van der Waals surface area contributed by atoms with E-state index in [1.807, 2.05) is 60.6 Å². The van der Waals surface area contributed by atoms with Gasteiger partial charge in [-0.1, -0.05) is 26.0 Å². The quantitative estimate of drug-likeness (QED) is 0.487. The summed E-state index contributed by atoms with van der Waals surface area (Å²) < 4.78 is 11.0. The fourth-order valence-corrected chi connectivity index (χ4v) is 5.35. The van der Waals surface area contributed by atoms with E-state index >= 15 is 0 Å². The zero-order valence-corrected chi connectivity index (χ0v) is 23.3. The summed E-state index contributed by atoms with van der Waals surface area (Å²) in [6.45, 7) is 18.4. The van der Waals surface area contributed by atoms with Crippen LogP contribution in [0.1, 0.15) is 94.4 Å². The Kier molecular flexibility index (Phi) is 9.45. The second-order valence-corrected chi connectivity index (χ2v) is 13.0. The van der Waals surface area contributed by atoms with Crippen LogP contribution in [0.4, 0.5) is 4.79 Å². The molecule has 0 aromatic rings. The van der Waals surface area contributed by atoms with E-state index in [0.717, 1.165) is 6.42 Å². The highest BCUT2D eigenvalue weighted by Gasteiger charge is 2.44. The molecule has 2 heterocycles. The number of nitrogens with zero attached hydrogens (tertiary/aromatic N) is 1. The van der Waals surface area contributed by atoms with E-state index in [9.17, 15) is 14.8 Å². The Bertz CT molecular complexity index is 745. The smallest absolute Gasteiger partial charge is 0.408 e. The largest absolute Gasteiger partial charge is 0.784 e. The normalized spacial score (nSPS) is 23.7. The summed E-state index contributed by atoms with van der Waals surface area (Å²) >= 11 is 0. The molecular formula is C27H48N3O5-. The first-order valence-corrected chi connectivity index (χ1v) is 13.0. The molecule has 0 aliphatic carbocycles. The SMILES string of the molecule is CC(C)C[C@@H](/C=C/C1(C(=O)NC2CC(C)(C)N([O-])C(C)(C)C2)CCOCC1)NC(=O)OC(C)(C)C. The number of hydrogen-bond acceptors (Lipinski definition) is 6. The highest BCUT2D eigenvalue weighted by Crippen LogP contribution is 2.39. The minimum atomic E-state index is -0.716. The molecule has 0 spiro atoms. The lowest BCUT2D eigenvalue weighted by molar-refractivity contribution is -0.135. The van der Waals surface area contributed by atoms with Gasteiger partial charge in [0.05, 0.1) is 11.5 Å². The Morgan fingerprint density at radius 1 is 1.11 bits per heavy atom. The summed E-state index contributed by atoms with van der Waals surface area (Å²) in [4.78, 5) is 26.1. The van der Waals surface area contributed by atoms with Crippen molar-refractivity contribution in [2.75, 3.05) is 13.2 Å². The molecule has 35 heavy (non-hydrogen) atoms. The van der Waals surface area contributed by atoms with Gasteiger partial charge in [-0.05, 0) is 86.5 Å². The maximum atomic E-state index is 13.7. The highest BCUT2D eigenvalue weighted by molar-refractivity contribution is 5.85. The number of piperidine rings is 1. The molecule has 2 saturated heterocycles. The lowest BCUT2D eigenvalue weighted by atomic mass is 9.76. The minimum Gasteiger partial charge on any atom is -0.784 e. The van der Waals surface area contributed by atoms with E-state index in [1.54, 1.807) is 0 Å². The molecule has 0 aromatic heterocycles. The van der Waals surface area contributed by atoms with Gasteiger partial charge in [0, 0.05) is 30.3 Å². The van der Waals surface area contributed by atoms with Crippen molar-refractivity contribution in [1.29, 1.82) is 0 Å². The molecule has 2 aliphatic heterocycles. The molecule has 8 heteroatoms. The monoisotopic (exact) mass is 494 g/mol. The molecule has 202 valence electrons. The van der Waals surface area contributed by atoms with Gasteiger partial charge in [-0.3, -0.25) is 4.79 Å². The van der Waals surface area contributed by atoms with E-state index in [4.69, 9.17) is 9.47 Å². The van der Waals surface area contributed by atoms with Crippen LogP contribution in [0.2, 0.25) is 0 Å². The van der Waals surface area contributed by atoms with Crippen molar-refractivity contribution in [2.45, 2.75) is 123 Å². The number of carbonyl (C=O) groups is 2. The Balaban J connectivity index is 2.21. The van der Waals surface area contributed by atoms with Crippen molar-refractivity contribution in [1.82, 2.24) is 15.7 Å². The zero-order valence-electron chi connectivity index (χ0n) is 23.3. The van der Waals surface area contributed by atoms with Crippen LogP contribution >= 0.6 is 0 Å². The number of alkyl carbamates (subject to hydrolysis) is 1. The summed E-state index contributed by atoms with van der Waals surface area (Å²) in [5, 5.41) is 20.1. The van der Waals surface area contributed by atoms with E-state index < -0.39 is 28.2 Å². The van der Waals surface area contributed by atoms with Crippen LogP contribution in [0.5, 0.6) is 0 Å². The van der Waals surface area contributed by atoms with Crippen LogP contribution in [0.25, 0.3) is 0 Å². The van der Waals surface area contributed by atoms with Crippen molar-refractivity contribution >= 4 is 12.0 Å². The van der Waals surface area contributed by atoms with E-state index in [1.165, 1.54) is 5.06 Å². The number of hydroxylamine groups is 2. The van der Waals surface area contributed by atoms with Gasteiger partial charge >= 0.3 is 6.09 Å². The fraction of sp³-hybridized carbons (Fsp3) is 0.852. The summed E-state index contributed by atoms with van der Waals surface area (Å²) in [6.07, 6.45) is 6.52. The van der Waals surface area contributed by atoms with Gasteiger partial charge in [0.25, 0.3) is 0 Å². The maximum Gasteiger partial charge on any atom is 0.408 e. The van der Waals surface area contributed by atoms with Crippen LogP contribution in [0.15, 0.2) is 12.2 Å². The third-order valence-electron chi connectivity index (χ3n) is 6.84. The zero-order chi connectivity index (χ0) is 26.7. The van der Waals surface area contributed by atoms with Gasteiger partial charge in [0.2, 0.25) is 5.91 Å². The van der Waals surface area contributed by atoms with Gasteiger partial charge in [0.1, 0.15) is 5.60 Å². The third-order valence-corrected chi connectivity index (χ3v) is 6.84. The first kappa shape index (κ1) is 29.6. The van der Waals surface area contributed by atoms with Crippen molar-refractivity contribution < 1.29 is 19.1 Å². The lowest BCUT2D eigenvalue weighted by Crippen LogP contribution is -2.62. The molecule has 0 bridgehead atoms. The van der Waals surface area contributed by atoms with Gasteiger partial charge in [-0.2, -0.15) is 0 Å². The number of nitrogens with one attached hydrogen (secondary N) is 2. The second kappa shape index (κ2) is 11.2. The van der Waals surface area contributed by atoms with Crippen LogP contribution in [0.3, 0.4) is 0 Å². The Morgan fingerprint density at radius 2 is 1.66 bits per heavy atom. The van der Waals surface area contributed by atoms with Crippen LogP contribution in [-0.2, 0) is 14.3 Å². The van der Waals surface area contributed by atoms with Crippen molar-refractivity contribution in [3.63, 3.8) is 0 Å². The Hall–Kier alpha value is -1.64. The highest BCUT2D eigenvalue weighted by atomic mass is 16.6. The molecule has 1 atom stereocenters. The average molecular weight is 495 g/mol. The first-order valence-electron chi connectivity index (χ1n) is 13.0. The number of hydrogen-bond donors (Lipinski definition) is 2. The van der Waals surface area contributed by atoms with Crippen LogP contribution in [-0.4, -0.2) is 59.0 Å². The molecule has 0 saturated carbocycles. The van der Waals surface area contributed by atoms with Gasteiger partial charge in [-0.15, -0.1) is 0 Å². The van der Waals surface area contributed by atoms with Crippen LogP contribution in [0, 0.1) is 16.5 Å². The summed E-state index contributed by atoms with van der Waals surface area (Å²) in [5.74, 6) is 0.314. The predicted molar refractivity (Wildman–Crippen MR) is 139 cm³/mol. The molecule has 2 rings (SSSR count). The molecular weight excluding hydrogens is 446 g/mol. The first-order chi connectivity index (χ1) is 16.0. The topological polar surface area (TPSA) is 103 Å². The average Bonchev–Trinajstić information content (AvgIpc) is 2.68. The minimum absolute atomic E-state index is 0.0337. The molecule has 2 amide bonds. The molecule has 2 N–H and O–H groups in total. The molecule has 2 aliphatic rings. The Morgan fingerprint density at radius 3 is 2.14 bits per heavy atom. The molecule has 0 unspecified atom stereocenters. The van der Waals surface area contributed by atoms with Gasteiger partial charge in [0.15, 0.2) is 0 Å². The van der Waals surface area contributed by atoms with Crippen molar-refractivity contribution in [3.8, 4) is 0 Å². The number of ether oxygens (including phenoxy) is 2. The van der Waals surface area contributed by atoms with Crippen molar-refractivity contribution in [2.24, 2.45) is 11.3 Å².